The van der Waals surface area contributed by atoms with Gasteiger partial charge in [-0.1, -0.05) is 23.9 Å². The van der Waals surface area contributed by atoms with E-state index in [-0.39, 0.29) is 23.4 Å². The molecule has 10 heteroatoms. The maximum atomic E-state index is 13.1. The van der Waals surface area contributed by atoms with E-state index in [1.807, 2.05) is 23.1 Å². The van der Waals surface area contributed by atoms with Gasteiger partial charge in [-0.3, -0.25) is 4.79 Å². The van der Waals surface area contributed by atoms with Gasteiger partial charge < -0.3 is 14.1 Å². The Morgan fingerprint density at radius 2 is 2.09 bits per heavy atom. The van der Waals surface area contributed by atoms with Crippen LogP contribution in [0, 0.1) is 5.82 Å². The van der Waals surface area contributed by atoms with E-state index in [4.69, 9.17) is 14.1 Å². The molecule has 5 rings (SSSR count). The summed E-state index contributed by atoms with van der Waals surface area (Å²) in [6, 6.07) is 13.9. The van der Waals surface area contributed by atoms with Gasteiger partial charge in [-0.25, -0.2) is 9.37 Å². The highest BCUT2D eigenvalue weighted by molar-refractivity contribution is 7.99. The summed E-state index contributed by atoms with van der Waals surface area (Å²) < 4.78 is 25.6. The van der Waals surface area contributed by atoms with Gasteiger partial charge in [0.05, 0.1) is 21.0 Å². The van der Waals surface area contributed by atoms with E-state index in [0.29, 0.717) is 23.4 Å². The molecule has 0 saturated carbocycles. The Morgan fingerprint density at radius 3 is 2.91 bits per heavy atom. The van der Waals surface area contributed by atoms with E-state index in [0.717, 1.165) is 29.9 Å². The van der Waals surface area contributed by atoms with Crippen LogP contribution in [0.2, 0.25) is 0 Å². The molecular formula is C24H23FN4O3S2. The number of rotatable bonds is 7. The Labute approximate surface area is 204 Å². The van der Waals surface area contributed by atoms with Crippen molar-refractivity contribution in [2.24, 2.45) is 0 Å². The molecule has 2 aromatic heterocycles. The summed E-state index contributed by atoms with van der Waals surface area (Å²) in [4.78, 5) is 19.6. The number of para-hydroxylation sites is 1. The average molecular weight is 499 g/mol. The fourth-order valence-electron chi connectivity index (χ4n) is 3.90. The maximum absolute atomic E-state index is 13.1. The number of amides is 1. The SMILES string of the molecule is C[C@@H](Oc1ccc(F)cc1)c1nnc(SCC(=O)N2CCC[C@@H](c3nc4ccccc4s3)C2)o1. The molecule has 3 heterocycles. The predicted molar refractivity (Wildman–Crippen MR) is 129 cm³/mol. The molecule has 1 aliphatic rings. The van der Waals surface area contributed by atoms with Gasteiger partial charge in [0.1, 0.15) is 11.6 Å². The van der Waals surface area contributed by atoms with Crippen LogP contribution in [0.1, 0.15) is 42.7 Å². The van der Waals surface area contributed by atoms with Crippen LogP contribution in [-0.2, 0) is 4.79 Å². The van der Waals surface area contributed by atoms with Gasteiger partial charge in [-0.15, -0.1) is 21.5 Å². The van der Waals surface area contributed by atoms with Crippen LogP contribution in [0.4, 0.5) is 4.39 Å². The molecule has 34 heavy (non-hydrogen) atoms. The number of carbonyl (C=O) groups is 1. The van der Waals surface area contributed by atoms with Gasteiger partial charge >= 0.3 is 0 Å². The number of fused-ring (bicyclic) bond motifs is 1. The Bertz CT molecular complexity index is 1240. The van der Waals surface area contributed by atoms with Crippen molar-refractivity contribution in [1.29, 1.82) is 0 Å². The van der Waals surface area contributed by atoms with Crippen molar-refractivity contribution >= 4 is 39.2 Å². The molecule has 0 aliphatic carbocycles. The van der Waals surface area contributed by atoms with E-state index in [2.05, 4.69) is 16.3 Å². The summed E-state index contributed by atoms with van der Waals surface area (Å²) in [6.45, 7) is 3.20. The van der Waals surface area contributed by atoms with Crippen LogP contribution in [0.3, 0.4) is 0 Å². The second kappa shape index (κ2) is 10.1. The van der Waals surface area contributed by atoms with Crippen molar-refractivity contribution < 1.29 is 18.3 Å². The second-order valence-corrected chi connectivity index (χ2v) is 10.1. The molecule has 0 unspecified atom stereocenters. The zero-order chi connectivity index (χ0) is 23.5. The van der Waals surface area contributed by atoms with Gasteiger partial charge in [-0.05, 0) is 56.2 Å². The van der Waals surface area contributed by atoms with Crippen molar-refractivity contribution in [3.05, 3.63) is 65.2 Å². The zero-order valence-corrected chi connectivity index (χ0v) is 20.2. The van der Waals surface area contributed by atoms with E-state index in [1.165, 1.54) is 40.7 Å². The molecule has 0 N–H and O–H groups in total. The highest BCUT2D eigenvalue weighted by Crippen LogP contribution is 2.33. The number of halogens is 1. The first-order chi connectivity index (χ1) is 16.5. The van der Waals surface area contributed by atoms with Crippen LogP contribution in [0.5, 0.6) is 5.75 Å². The lowest BCUT2D eigenvalue weighted by Crippen LogP contribution is -2.40. The van der Waals surface area contributed by atoms with Gasteiger partial charge in [0, 0.05) is 19.0 Å². The quantitative estimate of drug-likeness (QED) is 0.313. The second-order valence-electron chi connectivity index (χ2n) is 8.11. The summed E-state index contributed by atoms with van der Waals surface area (Å²) in [6.07, 6.45) is 1.50. The molecule has 1 amide bonds. The maximum Gasteiger partial charge on any atom is 0.277 e. The molecule has 2 atom stereocenters. The minimum absolute atomic E-state index is 0.0474. The fourth-order valence-corrected chi connectivity index (χ4v) is 5.66. The first kappa shape index (κ1) is 22.8. The van der Waals surface area contributed by atoms with Crippen LogP contribution < -0.4 is 4.74 Å². The average Bonchev–Trinajstić information content (AvgIpc) is 3.51. The highest BCUT2D eigenvalue weighted by Gasteiger charge is 2.27. The van der Waals surface area contributed by atoms with Crippen molar-refractivity contribution in [3.8, 4) is 5.75 Å². The highest BCUT2D eigenvalue weighted by atomic mass is 32.2. The molecular weight excluding hydrogens is 475 g/mol. The van der Waals surface area contributed by atoms with Crippen LogP contribution in [-0.4, -0.2) is 44.8 Å². The Kier molecular flexibility index (Phi) is 6.77. The molecule has 1 saturated heterocycles. The third-order valence-corrected chi connectivity index (χ3v) is 7.65. The Hall–Kier alpha value is -2.98. The molecule has 0 bridgehead atoms. The number of aromatic nitrogens is 3. The smallest absolute Gasteiger partial charge is 0.277 e. The molecule has 4 aromatic rings. The summed E-state index contributed by atoms with van der Waals surface area (Å²) in [5, 5.41) is 9.47. The first-order valence-corrected chi connectivity index (χ1v) is 12.9. The molecule has 2 aromatic carbocycles. The van der Waals surface area contributed by atoms with E-state index in [9.17, 15) is 9.18 Å². The van der Waals surface area contributed by atoms with Crippen molar-refractivity contribution in [2.75, 3.05) is 18.8 Å². The molecule has 1 fully saturated rings. The number of ether oxygens (including phenoxy) is 1. The third kappa shape index (κ3) is 5.23. The number of nitrogens with zero attached hydrogens (tertiary/aromatic N) is 4. The van der Waals surface area contributed by atoms with Gasteiger partial charge in [0.25, 0.3) is 11.1 Å². The lowest BCUT2D eigenvalue weighted by Gasteiger charge is -2.31. The molecule has 7 nitrogen and oxygen atoms in total. The van der Waals surface area contributed by atoms with Gasteiger partial charge in [-0.2, -0.15) is 0 Å². The van der Waals surface area contributed by atoms with Crippen molar-refractivity contribution in [3.63, 3.8) is 0 Å². The molecule has 0 radical (unpaired) electrons. The molecule has 1 aliphatic heterocycles. The number of hydrogen-bond donors (Lipinski definition) is 0. The summed E-state index contributed by atoms with van der Waals surface area (Å²) in [5.74, 6) is 1.01. The Balaban J connectivity index is 1.15. The van der Waals surface area contributed by atoms with Crippen molar-refractivity contribution in [2.45, 2.75) is 37.0 Å². The van der Waals surface area contributed by atoms with E-state index >= 15 is 0 Å². The number of thioether (sulfide) groups is 1. The van der Waals surface area contributed by atoms with Gasteiger partial charge in [0.15, 0.2) is 6.10 Å². The number of piperidine rings is 1. The van der Waals surface area contributed by atoms with Crippen LogP contribution in [0.25, 0.3) is 10.2 Å². The lowest BCUT2D eigenvalue weighted by molar-refractivity contribution is -0.129. The largest absolute Gasteiger partial charge is 0.481 e. The third-order valence-electron chi connectivity index (χ3n) is 5.65. The number of hydrogen-bond acceptors (Lipinski definition) is 8. The minimum atomic E-state index is -0.500. The predicted octanol–water partition coefficient (Wildman–Crippen LogP) is 5.46. The number of carbonyl (C=O) groups excluding carboxylic acids is 1. The monoisotopic (exact) mass is 498 g/mol. The normalized spacial score (nSPS) is 17.1. The number of benzene rings is 2. The van der Waals surface area contributed by atoms with Crippen LogP contribution >= 0.6 is 23.1 Å². The molecule has 176 valence electrons. The van der Waals surface area contributed by atoms with E-state index in [1.54, 1.807) is 18.3 Å². The minimum Gasteiger partial charge on any atom is -0.481 e. The topological polar surface area (TPSA) is 81.4 Å². The zero-order valence-electron chi connectivity index (χ0n) is 18.5. The summed E-state index contributed by atoms with van der Waals surface area (Å²) >= 11 is 2.94. The van der Waals surface area contributed by atoms with E-state index < -0.39 is 6.10 Å². The summed E-state index contributed by atoms with van der Waals surface area (Å²) in [7, 11) is 0. The Morgan fingerprint density at radius 1 is 1.26 bits per heavy atom. The van der Waals surface area contributed by atoms with Crippen LogP contribution in [0.15, 0.2) is 58.2 Å². The standard InChI is InChI=1S/C24H23FN4O3S2/c1-15(31-18-10-8-17(25)9-11-18)22-27-28-24(32-22)33-14-21(30)29-12-4-5-16(13-29)23-26-19-6-2-3-7-20(19)34-23/h2-3,6-11,15-16H,4-5,12-14H2,1H3/t15-,16-/m1/s1. The lowest BCUT2D eigenvalue weighted by atomic mass is 9.99. The van der Waals surface area contributed by atoms with Crippen molar-refractivity contribution in [1.82, 2.24) is 20.1 Å². The molecule has 0 spiro atoms. The fraction of sp³-hybridized carbons (Fsp3) is 0.333. The first-order valence-electron chi connectivity index (χ1n) is 11.1. The summed E-state index contributed by atoms with van der Waals surface area (Å²) in [5.41, 5.74) is 1.02. The van der Waals surface area contributed by atoms with Gasteiger partial charge in [0.2, 0.25) is 5.91 Å². The number of likely N-dealkylation sites (tertiary alicyclic amines) is 1. The number of thiazole rings is 1.